The number of rotatable bonds is 7. The number of nitrogens with two attached hydrogens (primary N) is 1. The van der Waals surface area contributed by atoms with Crippen molar-refractivity contribution in [3.63, 3.8) is 0 Å². The van der Waals surface area contributed by atoms with Crippen molar-refractivity contribution in [2.75, 3.05) is 26.1 Å². The number of hydrogen-bond acceptors (Lipinski definition) is 9. The highest BCUT2D eigenvalue weighted by molar-refractivity contribution is 5.87. The molecule has 4 heterocycles. The predicted molar refractivity (Wildman–Crippen MR) is 121 cm³/mol. The van der Waals surface area contributed by atoms with Gasteiger partial charge in [0.15, 0.2) is 12.0 Å². The number of ether oxygens (including phenoxy) is 5. The summed E-state index contributed by atoms with van der Waals surface area (Å²) in [5, 5.41) is 4.27. The van der Waals surface area contributed by atoms with Crippen LogP contribution in [0.1, 0.15) is 25.6 Å². The fraction of sp³-hybridized carbons (Fsp3) is 0.478. The van der Waals surface area contributed by atoms with E-state index in [0.717, 1.165) is 28.1 Å². The molecule has 2 aliphatic heterocycles. The molecule has 3 aromatic rings. The van der Waals surface area contributed by atoms with Gasteiger partial charge >= 0.3 is 0 Å². The molecule has 0 spiro atoms. The van der Waals surface area contributed by atoms with Gasteiger partial charge in [-0.3, -0.25) is 0 Å². The van der Waals surface area contributed by atoms with E-state index in [2.05, 4.69) is 15.3 Å². The van der Waals surface area contributed by atoms with E-state index in [-0.39, 0.29) is 18.3 Å². The summed E-state index contributed by atoms with van der Waals surface area (Å²) < 4.78 is 31.2. The average Bonchev–Trinajstić information content (AvgIpc) is 3.48. The Morgan fingerprint density at radius 3 is 2.70 bits per heavy atom. The zero-order valence-corrected chi connectivity index (χ0v) is 19.1. The van der Waals surface area contributed by atoms with Crippen LogP contribution in [0, 0.1) is 0 Å². The highest BCUT2D eigenvalue weighted by atomic mass is 16.8. The lowest BCUT2D eigenvalue weighted by atomic mass is 10.1. The highest BCUT2D eigenvalue weighted by Crippen LogP contribution is 2.43. The molecule has 0 amide bonds. The summed E-state index contributed by atoms with van der Waals surface area (Å²) in [6, 6.07) is 7.69. The van der Waals surface area contributed by atoms with Gasteiger partial charge in [-0.25, -0.2) is 9.97 Å². The minimum absolute atomic E-state index is 0.227. The zero-order chi connectivity index (χ0) is 23.2. The van der Waals surface area contributed by atoms with Crippen LogP contribution >= 0.6 is 0 Å². The topological polar surface area (TPSA) is 115 Å². The molecule has 2 aromatic heterocycles. The standard InChI is InChI=1S/C23H29N5O5/c1-23(2)32-18-17(10-24)31-22(19(18)33-23)28-8-7-15-20(26-12-27-21(15)28)25-11-13-5-6-14(29-3)9-16(13)30-4/h5-9,12,17-19,22H,10-11,24H2,1-4H3,(H,25,26,27)/t17-,18-,19+,22-/m1/s1. The van der Waals surface area contributed by atoms with Crippen LogP contribution < -0.4 is 20.5 Å². The first kappa shape index (κ1) is 21.9. The monoisotopic (exact) mass is 455 g/mol. The van der Waals surface area contributed by atoms with Crippen molar-refractivity contribution in [2.24, 2.45) is 5.73 Å². The number of methoxy groups -OCH3 is 2. The summed E-state index contributed by atoms with van der Waals surface area (Å²) in [7, 11) is 3.27. The molecule has 3 N–H and O–H groups in total. The van der Waals surface area contributed by atoms with Crippen molar-refractivity contribution >= 4 is 16.9 Å². The molecule has 10 heteroatoms. The molecule has 0 saturated carbocycles. The van der Waals surface area contributed by atoms with Crippen molar-refractivity contribution in [1.29, 1.82) is 0 Å². The second-order valence-electron chi connectivity index (χ2n) is 8.58. The Hall–Kier alpha value is -2.92. The third-order valence-corrected chi connectivity index (χ3v) is 6.08. The third kappa shape index (κ3) is 3.89. The first-order valence-electron chi connectivity index (χ1n) is 10.9. The van der Waals surface area contributed by atoms with E-state index >= 15 is 0 Å². The second-order valence-corrected chi connectivity index (χ2v) is 8.58. The molecule has 0 bridgehead atoms. The van der Waals surface area contributed by atoms with Gasteiger partial charge in [0.05, 0.1) is 19.6 Å². The summed E-state index contributed by atoms with van der Waals surface area (Å²) in [4.78, 5) is 8.98. The molecule has 176 valence electrons. The van der Waals surface area contributed by atoms with Gasteiger partial charge in [0, 0.05) is 30.9 Å². The maximum Gasteiger partial charge on any atom is 0.164 e. The number of fused-ring (bicyclic) bond motifs is 2. The Labute approximate surface area is 191 Å². The number of anilines is 1. The normalized spacial score (nSPS) is 25.8. The minimum Gasteiger partial charge on any atom is -0.497 e. The average molecular weight is 456 g/mol. The number of nitrogens with zero attached hydrogens (tertiary/aromatic N) is 3. The van der Waals surface area contributed by atoms with Crippen molar-refractivity contribution in [1.82, 2.24) is 14.5 Å². The van der Waals surface area contributed by atoms with Gasteiger partial charge in [-0.1, -0.05) is 0 Å². The largest absolute Gasteiger partial charge is 0.497 e. The highest BCUT2D eigenvalue weighted by Gasteiger charge is 2.55. The SMILES string of the molecule is COc1ccc(CNc2ncnc3c2ccn3[C@@H]2O[C@H](CN)[C@H]3OC(C)(C)O[C@@H]32)c(OC)c1. The second kappa shape index (κ2) is 8.45. The van der Waals surface area contributed by atoms with Crippen molar-refractivity contribution in [3.8, 4) is 11.5 Å². The van der Waals surface area contributed by atoms with Gasteiger partial charge in [-0.05, 0) is 32.0 Å². The van der Waals surface area contributed by atoms with Gasteiger partial charge in [-0.2, -0.15) is 0 Å². The van der Waals surface area contributed by atoms with Crippen molar-refractivity contribution < 1.29 is 23.7 Å². The van der Waals surface area contributed by atoms with Crippen LogP contribution in [0.2, 0.25) is 0 Å². The summed E-state index contributed by atoms with van der Waals surface area (Å²) in [6.07, 6.45) is 2.32. The van der Waals surface area contributed by atoms with Gasteiger partial charge in [0.2, 0.25) is 0 Å². The third-order valence-electron chi connectivity index (χ3n) is 6.08. The molecule has 2 saturated heterocycles. The molecule has 0 aliphatic carbocycles. The molecule has 10 nitrogen and oxygen atoms in total. The number of nitrogens with one attached hydrogen (secondary N) is 1. The molecule has 1 aromatic carbocycles. The maximum atomic E-state index is 6.22. The Balaban J connectivity index is 1.41. The van der Waals surface area contributed by atoms with E-state index in [1.807, 2.05) is 48.9 Å². The lowest BCUT2D eigenvalue weighted by Gasteiger charge is -2.24. The summed E-state index contributed by atoms with van der Waals surface area (Å²) in [5.74, 6) is 1.51. The lowest BCUT2D eigenvalue weighted by Crippen LogP contribution is -2.34. The number of aromatic nitrogens is 3. The van der Waals surface area contributed by atoms with E-state index < -0.39 is 12.0 Å². The van der Waals surface area contributed by atoms with Crippen LogP contribution in [0.4, 0.5) is 5.82 Å². The summed E-state index contributed by atoms with van der Waals surface area (Å²) in [5.41, 5.74) is 7.67. The van der Waals surface area contributed by atoms with E-state index in [9.17, 15) is 0 Å². The molecular weight excluding hydrogens is 426 g/mol. The van der Waals surface area contributed by atoms with Gasteiger partial charge < -0.3 is 39.3 Å². The van der Waals surface area contributed by atoms with E-state index in [1.54, 1.807) is 14.2 Å². The fourth-order valence-electron chi connectivity index (χ4n) is 4.57. The molecule has 5 rings (SSSR count). The van der Waals surface area contributed by atoms with Crippen molar-refractivity contribution in [3.05, 3.63) is 42.4 Å². The quantitative estimate of drug-likeness (QED) is 0.554. The van der Waals surface area contributed by atoms with Gasteiger partial charge in [0.1, 0.15) is 47.6 Å². The van der Waals surface area contributed by atoms with Crippen LogP contribution in [-0.2, 0) is 20.8 Å². The fourth-order valence-corrected chi connectivity index (χ4v) is 4.57. The van der Waals surface area contributed by atoms with Crippen LogP contribution in [-0.4, -0.2) is 59.4 Å². The molecule has 2 aliphatic rings. The Bertz CT molecular complexity index is 1150. The van der Waals surface area contributed by atoms with Gasteiger partial charge in [0.25, 0.3) is 0 Å². The van der Waals surface area contributed by atoms with Gasteiger partial charge in [-0.15, -0.1) is 0 Å². The van der Waals surface area contributed by atoms with Crippen LogP contribution in [0.15, 0.2) is 36.8 Å². The Kier molecular flexibility index (Phi) is 5.61. The molecule has 33 heavy (non-hydrogen) atoms. The smallest absolute Gasteiger partial charge is 0.164 e. The number of hydrogen-bond donors (Lipinski definition) is 2. The van der Waals surface area contributed by atoms with Crippen molar-refractivity contribution in [2.45, 2.75) is 50.7 Å². The first-order chi connectivity index (χ1) is 15.9. The van der Waals surface area contributed by atoms with Crippen LogP contribution in [0.25, 0.3) is 11.0 Å². The molecule has 0 unspecified atom stereocenters. The zero-order valence-electron chi connectivity index (χ0n) is 19.1. The predicted octanol–water partition coefficient (Wildman–Crippen LogP) is 2.44. The summed E-state index contributed by atoms with van der Waals surface area (Å²) >= 11 is 0. The Morgan fingerprint density at radius 2 is 1.94 bits per heavy atom. The van der Waals surface area contributed by atoms with E-state index in [0.29, 0.717) is 18.9 Å². The molecule has 4 atom stereocenters. The lowest BCUT2D eigenvalue weighted by molar-refractivity contribution is -0.195. The molecule has 0 radical (unpaired) electrons. The number of benzene rings is 1. The maximum absolute atomic E-state index is 6.22. The minimum atomic E-state index is -0.688. The molecule has 2 fully saturated rings. The van der Waals surface area contributed by atoms with E-state index in [1.165, 1.54) is 6.33 Å². The van der Waals surface area contributed by atoms with E-state index in [4.69, 9.17) is 29.4 Å². The van der Waals surface area contributed by atoms with Crippen LogP contribution in [0.3, 0.4) is 0 Å². The summed E-state index contributed by atoms with van der Waals surface area (Å²) in [6.45, 7) is 4.68. The molecular formula is C23H29N5O5. The Morgan fingerprint density at radius 1 is 1.12 bits per heavy atom. The van der Waals surface area contributed by atoms with Crippen LogP contribution in [0.5, 0.6) is 11.5 Å². The first-order valence-corrected chi connectivity index (χ1v) is 10.9.